The van der Waals surface area contributed by atoms with Gasteiger partial charge in [-0.1, -0.05) is 11.6 Å². The van der Waals surface area contributed by atoms with Crippen LogP contribution < -0.4 is 5.73 Å². The summed E-state index contributed by atoms with van der Waals surface area (Å²) < 4.78 is 0. The third-order valence-corrected chi connectivity index (χ3v) is 0.688. The Hall–Kier alpha value is -1.05. The van der Waals surface area contributed by atoms with Crippen molar-refractivity contribution in [2.45, 2.75) is 13.8 Å². The lowest BCUT2D eigenvalue weighted by molar-refractivity contribution is 1.39. The minimum Gasteiger partial charge on any atom is -0.390 e. The van der Waals surface area contributed by atoms with Crippen LogP contribution >= 0.6 is 0 Å². The first-order valence-electron chi connectivity index (χ1n) is 2.81. The topological polar surface area (TPSA) is 38.4 Å². The number of hydrogen-bond donors (Lipinski definition) is 1. The Morgan fingerprint density at radius 3 is 2.56 bits per heavy atom. The van der Waals surface area contributed by atoms with E-state index in [9.17, 15) is 0 Å². The summed E-state index contributed by atoms with van der Waals surface area (Å²) in [5, 5.41) is 0. The van der Waals surface area contributed by atoms with Crippen molar-refractivity contribution in [3.8, 4) is 0 Å². The maximum Gasteiger partial charge on any atom is 0.0852 e. The van der Waals surface area contributed by atoms with E-state index in [1.54, 1.807) is 6.20 Å². The van der Waals surface area contributed by atoms with Crippen molar-refractivity contribution in [3.63, 3.8) is 0 Å². The molecule has 2 heteroatoms. The number of nitrogens with zero attached hydrogens (tertiary/aromatic N) is 1. The second-order valence-electron chi connectivity index (χ2n) is 1.88. The zero-order valence-corrected chi connectivity index (χ0v) is 5.83. The van der Waals surface area contributed by atoms with Gasteiger partial charge in [-0.05, 0) is 19.9 Å². The summed E-state index contributed by atoms with van der Waals surface area (Å²) in [5.74, 6) is 0. The highest BCUT2D eigenvalue weighted by atomic mass is 14.8. The van der Waals surface area contributed by atoms with E-state index in [0.29, 0.717) is 0 Å². The van der Waals surface area contributed by atoms with Crippen molar-refractivity contribution >= 4 is 6.34 Å². The highest BCUT2D eigenvalue weighted by Gasteiger charge is 1.67. The average Bonchev–Trinajstić information content (AvgIpc) is 1.80. The molecule has 0 aliphatic heterocycles. The maximum absolute atomic E-state index is 4.98. The van der Waals surface area contributed by atoms with Crippen molar-refractivity contribution in [2.24, 2.45) is 10.7 Å². The van der Waals surface area contributed by atoms with Crippen molar-refractivity contribution in [2.75, 3.05) is 0 Å². The summed E-state index contributed by atoms with van der Waals surface area (Å²) >= 11 is 0. The summed E-state index contributed by atoms with van der Waals surface area (Å²) in [6, 6.07) is 0. The van der Waals surface area contributed by atoms with E-state index in [4.69, 9.17) is 5.73 Å². The number of hydrogen-bond acceptors (Lipinski definition) is 1. The lowest BCUT2D eigenvalue weighted by Gasteiger charge is -1.79. The second kappa shape index (κ2) is 5.09. The standard InChI is InChI=1S/C7H12N2/c1-7(2)4-3-5-9-6-8/h3-6H,1-2H3,(H2,8,9). The van der Waals surface area contributed by atoms with E-state index in [0.717, 1.165) is 0 Å². The van der Waals surface area contributed by atoms with E-state index in [2.05, 4.69) is 4.99 Å². The Balaban J connectivity index is 3.60. The van der Waals surface area contributed by atoms with Gasteiger partial charge in [0.25, 0.3) is 0 Å². The molecule has 2 N–H and O–H groups in total. The lowest BCUT2D eigenvalue weighted by Crippen LogP contribution is -1.84. The molecular formula is C7H12N2. The van der Waals surface area contributed by atoms with Crippen LogP contribution in [0.2, 0.25) is 0 Å². The van der Waals surface area contributed by atoms with Crippen LogP contribution in [0.1, 0.15) is 13.8 Å². The van der Waals surface area contributed by atoms with Crippen molar-refractivity contribution in [3.05, 3.63) is 23.9 Å². The molecule has 0 aliphatic carbocycles. The van der Waals surface area contributed by atoms with Crippen molar-refractivity contribution in [1.29, 1.82) is 0 Å². The van der Waals surface area contributed by atoms with Crippen LogP contribution in [-0.4, -0.2) is 6.34 Å². The van der Waals surface area contributed by atoms with Gasteiger partial charge in [0.2, 0.25) is 0 Å². The van der Waals surface area contributed by atoms with Gasteiger partial charge in [0, 0.05) is 6.20 Å². The predicted molar refractivity (Wildman–Crippen MR) is 41.3 cm³/mol. The molecule has 0 fully saturated rings. The molecule has 0 amide bonds. The number of allylic oxidation sites excluding steroid dienone is 3. The van der Waals surface area contributed by atoms with E-state index in [1.807, 2.05) is 26.0 Å². The fourth-order valence-electron chi connectivity index (χ4n) is 0.335. The lowest BCUT2D eigenvalue weighted by atomic mass is 10.3. The van der Waals surface area contributed by atoms with Gasteiger partial charge in [-0.15, -0.1) is 0 Å². The van der Waals surface area contributed by atoms with Gasteiger partial charge in [-0.25, -0.2) is 4.99 Å². The minimum absolute atomic E-state index is 1.25. The van der Waals surface area contributed by atoms with Crippen LogP contribution in [0, 0.1) is 0 Å². The summed E-state index contributed by atoms with van der Waals surface area (Å²) in [4.78, 5) is 3.67. The molecule has 0 aliphatic rings. The maximum atomic E-state index is 4.98. The van der Waals surface area contributed by atoms with E-state index < -0.39 is 0 Å². The highest BCUT2D eigenvalue weighted by molar-refractivity contribution is 5.52. The first kappa shape index (κ1) is 7.95. The summed E-state index contributed by atoms with van der Waals surface area (Å²) in [6.45, 7) is 4.05. The molecule has 50 valence electrons. The zero-order chi connectivity index (χ0) is 7.11. The SMILES string of the molecule is CC(C)=CC=CN=CN. The summed E-state index contributed by atoms with van der Waals surface area (Å²) in [6.07, 6.45) is 6.72. The fraction of sp³-hybridized carbons (Fsp3) is 0.286. The molecule has 0 saturated carbocycles. The first-order valence-corrected chi connectivity index (χ1v) is 2.81. The molecule has 0 aromatic carbocycles. The van der Waals surface area contributed by atoms with Gasteiger partial charge in [0.1, 0.15) is 0 Å². The van der Waals surface area contributed by atoms with Crippen LogP contribution in [0.5, 0.6) is 0 Å². The van der Waals surface area contributed by atoms with Crippen molar-refractivity contribution in [1.82, 2.24) is 0 Å². The van der Waals surface area contributed by atoms with Gasteiger partial charge in [-0.3, -0.25) is 0 Å². The zero-order valence-electron chi connectivity index (χ0n) is 5.83. The average molecular weight is 124 g/mol. The molecule has 0 rings (SSSR count). The number of nitrogens with two attached hydrogens (primary N) is 1. The third-order valence-electron chi connectivity index (χ3n) is 0.688. The molecule has 0 aromatic heterocycles. The van der Waals surface area contributed by atoms with E-state index >= 15 is 0 Å². The van der Waals surface area contributed by atoms with Crippen LogP contribution in [-0.2, 0) is 0 Å². The Morgan fingerprint density at radius 1 is 1.44 bits per heavy atom. The number of rotatable bonds is 2. The summed E-state index contributed by atoms with van der Waals surface area (Å²) in [5.41, 5.74) is 6.23. The Morgan fingerprint density at radius 2 is 2.11 bits per heavy atom. The summed E-state index contributed by atoms with van der Waals surface area (Å²) in [7, 11) is 0. The Kier molecular flexibility index (Phi) is 4.50. The van der Waals surface area contributed by atoms with Gasteiger partial charge in [0.15, 0.2) is 0 Å². The Labute approximate surface area is 55.8 Å². The molecule has 0 spiro atoms. The first-order chi connectivity index (χ1) is 4.27. The minimum atomic E-state index is 1.25. The second-order valence-corrected chi connectivity index (χ2v) is 1.88. The molecule has 0 unspecified atom stereocenters. The highest BCUT2D eigenvalue weighted by Crippen LogP contribution is 1.88. The van der Waals surface area contributed by atoms with Crippen LogP contribution in [0.25, 0.3) is 0 Å². The molecule has 0 radical (unpaired) electrons. The fourth-order valence-corrected chi connectivity index (χ4v) is 0.335. The smallest absolute Gasteiger partial charge is 0.0852 e. The molecule has 0 atom stereocenters. The van der Waals surface area contributed by atoms with Crippen molar-refractivity contribution < 1.29 is 0 Å². The van der Waals surface area contributed by atoms with Crippen LogP contribution in [0.3, 0.4) is 0 Å². The van der Waals surface area contributed by atoms with Gasteiger partial charge in [-0.2, -0.15) is 0 Å². The third kappa shape index (κ3) is 6.95. The Bertz CT molecular complexity index is 139. The van der Waals surface area contributed by atoms with Crippen LogP contribution in [0.4, 0.5) is 0 Å². The molecule has 0 bridgehead atoms. The van der Waals surface area contributed by atoms with Crippen LogP contribution in [0.15, 0.2) is 28.9 Å². The van der Waals surface area contributed by atoms with E-state index in [-0.39, 0.29) is 0 Å². The number of aliphatic imine (C=N–C) groups is 1. The normalized spacial score (nSPS) is 10.9. The van der Waals surface area contributed by atoms with Gasteiger partial charge >= 0.3 is 0 Å². The molecule has 0 heterocycles. The molecule has 0 aromatic rings. The van der Waals surface area contributed by atoms with Gasteiger partial charge < -0.3 is 5.73 Å². The largest absolute Gasteiger partial charge is 0.390 e. The van der Waals surface area contributed by atoms with Gasteiger partial charge in [0.05, 0.1) is 6.34 Å². The quantitative estimate of drug-likeness (QED) is 0.338. The molecule has 9 heavy (non-hydrogen) atoms. The monoisotopic (exact) mass is 124 g/mol. The molecular weight excluding hydrogens is 112 g/mol. The molecule has 0 saturated heterocycles. The molecule has 2 nitrogen and oxygen atoms in total. The predicted octanol–water partition coefficient (Wildman–Crippen LogP) is 1.45. The van der Waals surface area contributed by atoms with E-state index in [1.165, 1.54) is 11.9 Å².